The van der Waals surface area contributed by atoms with E-state index in [1.807, 2.05) is 0 Å². The molecule has 4 nitrogen and oxygen atoms in total. The molecule has 1 aromatic rings. The molecule has 1 aromatic carbocycles. The smallest absolute Gasteiger partial charge is 0.327 e. The van der Waals surface area contributed by atoms with Crippen molar-refractivity contribution >= 4 is 58.4 Å². The quantitative estimate of drug-likeness (QED) is 0.636. The molecule has 0 saturated carbocycles. The van der Waals surface area contributed by atoms with E-state index in [0.29, 0.717) is 20.0 Å². The van der Waals surface area contributed by atoms with E-state index in [1.165, 1.54) is 24.8 Å². The Balaban J connectivity index is 2.77. The van der Waals surface area contributed by atoms with Gasteiger partial charge in [0.05, 0.1) is 15.1 Å². The number of carboxylic acids is 1. The van der Waals surface area contributed by atoms with Gasteiger partial charge in [-0.3, -0.25) is 4.79 Å². The molecule has 8 heteroatoms. The number of carboxylic acid groups (broad SMARTS) is 1. The second-order valence-corrected chi connectivity index (χ2v) is 5.88. The lowest BCUT2D eigenvalue weighted by atomic mass is 10.3. The molecule has 0 aromatic heterocycles. The fourth-order valence-electron chi connectivity index (χ4n) is 1.21. The Bertz CT molecular complexity index is 510. The largest absolute Gasteiger partial charge is 0.480 e. The van der Waals surface area contributed by atoms with E-state index in [1.54, 1.807) is 6.07 Å². The second kappa shape index (κ2) is 7.24. The average Bonchev–Trinajstić information content (AvgIpc) is 2.29. The highest BCUT2D eigenvalue weighted by Crippen LogP contribution is 2.34. The lowest BCUT2D eigenvalue weighted by Gasteiger charge is -2.13. The molecule has 19 heavy (non-hydrogen) atoms. The van der Waals surface area contributed by atoms with E-state index in [0.717, 1.165) is 0 Å². The summed E-state index contributed by atoms with van der Waals surface area (Å²) in [5, 5.41) is 12.3. The minimum atomic E-state index is -1.11. The Hall–Kier alpha value is -0.620. The Morgan fingerprint density at radius 2 is 1.84 bits per heavy atom. The summed E-state index contributed by atoms with van der Waals surface area (Å²) < 4.78 is 0. The maximum absolute atomic E-state index is 11.0. The number of hydrogen-bond donors (Lipinski definition) is 2. The van der Waals surface area contributed by atoms with Gasteiger partial charge < -0.3 is 10.4 Å². The molecule has 1 rings (SSSR count). The minimum absolute atomic E-state index is 0.132. The molecule has 2 N–H and O–H groups in total. The van der Waals surface area contributed by atoms with Crippen molar-refractivity contribution in [1.29, 1.82) is 0 Å². The van der Waals surface area contributed by atoms with Gasteiger partial charge in [-0.25, -0.2) is 4.79 Å². The van der Waals surface area contributed by atoms with E-state index in [2.05, 4.69) is 5.32 Å². The van der Waals surface area contributed by atoms with Crippen molar-refractivity contribution in [2.24, 2.45) is 0 Å². The van der Waals surface area contributed by atoms with E-state index in [4.69, 9.17) is 39.9 Å². The van der Waals surface area contributed by atoms with E-state index in [-0.39, 0.29) is 5.75 Å². The van der Waals surface area contributed by atoms with Crippen LogP contribution in [0.3, 0.4) is 0 Å². The van der Waals surface area contributed by atoms with Gasteiger partial charge in [0.2, 0.25) is 5.91 Å². The molecule has 0 fully saturated rings. The molecule has 0 aliphatic heterocycles. The predicted octanol–water partition coefficient (Wildman–Crippen LogP) is 3.33. The topological polar surface area (TPSA) is 66.4 Å². The number of benzene rings is 1. The third-order valence-electron chi connectivity index (χ3n) is 2.06. The van der Waals surface area contributed by atoms with Crippen LogP contribution in [0.15, 0.2) is 17.0 Å². The first-order valence-electron chi connectivity index (χ1n) is 5.08. The molecule has 0 saturated heterocycles. The van der Waals surface area contributed by atoms with Crippen LogP contribution in [0, 0.1) is 0 Å². The summed E-state index contributed by atoms with van der Waals surface area (Å²) in [6, 6.07) is 2.05. The zero-order valence-electron chi connectivity index (χ0n) is 9.75. The predicted molar refractivity (Wildman–Crippen MR) is 77.4 cm³/mol. The van der Waals surface area contributed by atoms with Gasteiger partial charge in [0.1, 0.15) is 6.04 Å². The first-order chi connectivity index (χ1) is 8.81. The minimum Gasteiger partial charge on any atom is -0.480 e. The van der Waals surface area contributed by atoms with Gasteiger partial charge in [-0.2, -0.15) is 0 Å². The molecule has 0 bridgehead atoms. The van der Waals surface area contributed by atoms with Crippen LogP contribution >= 0.6 is 46.6 Å². The standard InChI is InChI=1S/C11H10Cl3NO3S/c1-5(16)15-9(11(17)18)4-19-10-3-7(13)6(12)2-8(10)14/h2-3,9H,4H2,1H3,(H,15,16)(H,17,18)/t9-/m0/s1. The number of thioether (sulfide) groups is 1. The number of nitrogens with one attached hydrogen (secondary N) is 1. The summed E-state index contributed by atoms with van der Waals surface area (Å²) in [7, 11) is 0. The lowest BCUT2D eigenvalue weighted by Crippen LogP contribution is -2.41. The lowest BCUT2D eigenvalue weighted by molar-refractivity contribution is -0.140. The third-order valence-corrected chi connectivity index (χ3v) is 4.35. The maximum atomic E-state index is 11.0. The number of carbonyl (C=O) groups excluding carboxylic acids is 1. The molecule has 104 valence electrons. The van der Waals surface area contributed by atoms with Crippen LogP contribution in [0.5, 0.6) is 0 Å². The Labute approximate surface area is 129 Å². The number of rotatable bonds is 5. The summed E-state index contributed by atoms with van der Waals surface area (Å²) in [5.74, 6) is -1.39. The summed E-state index contributed by atoms with van der Waals surface area (Å²) in [5.41, 5.74) is 0. The zero-order chi connectivity index (χ0) is 14.6. The van der Waals surface area contributed by atoms with Crippen molar-refractivity contribution in [1.82, 2.24) is 5.32 Å². The normalized spacial score (nSPS) is 12.0. The number of halogens is 3. The van der Waals surface area contributed by atoms with Gasteiger partial charge in [0, 0.05) is 17.6 Å². The van der Waals surface area contributed by atoms with Gasteiger partial charge in [0.15, 0.2) is 0 Å². The van der Waals surface area contributed by atoms with Crippen LogP contribution in [-0.2, 0) is 9.59 Å². The molecule has 0 heterocycles. The Morgan fingerprint density at radius 1 is 1.26 bits per heavy atom. The van der Waals surface area contributed by atoms with Crippen molar-refractivity contribution in [3.8, 4) is 0 Å². The number of hydrogen-bond acceptors (Lipinski definition) is 3. The zero-order valence-corrected chi connectivity index (χ0v) is 12.8. The van der Waals surface area contributed by atoms with Crippen molar-refractivity contribution in [3.05, 3.63) is 27.2 Å². The molecule has 0 unspecified atom stereocenters. The van der Waals surface area contributed by atoms with Gasteiger partial charge >= 0.3 is 5.97 Å². The third kappa shape index (κ3) is 5.10. The average molecular weight is 343 g/mol. The Kier molecular flexibility index (Phi) is 6.26. The molecular formula is C11H10Cl3NO3S. The van der Waals surface area contributed by atoms with Crippen LogP contribution in [0.25, 0.3) is 0 Å². The Morgan fingerprint density at radius 3 is 2.37 bits per heavy atom. The molecule has 0 aliphatic rings. The first-order valence-corrected chi connectivity index (χ1v) is 7.20. The fourth-order valence-corrected chi connectivity index (χ4v) is 2.95. The number of carbonyl (C=O) groups is 2. The summed E-state index contributed by atoms with van der Waals surface area (Å²) in [4.78, 5) is 22.4. The molecular weight excluding hydrogens is 333 g/mol. The van der Waals surface area contributed by atoms with Gasteiger partial charge in [-0.1, -0.05) is 34.8 Å². The van der Waals surface area contributed by atoms with Crippen LogP contribution in [0.2, 0.25) is 15.1 Å². The molecule has 0 aliphatic carbocycles. The first kappa shape index (κ1) is 16.4. The van der Waals surface area contributed by atoms with Crippen molar-refractivity contribution in [2.75, 3.05) is 5.75 Å². The molecule has 0 spiro atoms. The van der Waals surface area contributed by atoms with Gasteiger partial charge in [0.25, 0.3) is 0 Å². The van der Waals surface area contributed by atoms with Gasteiger partial charge in [-0.05, 0) is 12.1 Å². The highest BCUT2D eigenvalue weighted by molar-refractivity contribution is 7.99. The SMILES string of the molecule is CC(=O)N[C@@H](CSc1cc(Cl)c(Cl)cc1Cl)C(=O)O. The molecule has 1 amide bonds. The van der Waals surface area contributed by atoms with Gasteiger partial charge in [-0.15, -0.1) is 11.8 Å². The van der Waals surface area contributed by atoms with Crippen LogP contribution in [-0.4, -0.2) is 28.8 Å². The molecule has 0 radical (unpaired) electrons. The van der Waals surface area contributed by atoms with Crippen LogP contribution in [0.1, 0.15) is 6.92 Å². The van der Waals surface area contributed by atoms with E-state index < -0.39 is 17.9 Å². The van der Waals surface area contributed by atoms with E-state index in [9.17, 15) is 9.59 Å². The number of amides is 1. The maximum Gasteiger partial charge on any atom is 0.327 e. The van der Waals surface area contributed by atoms with Crippen molar-refractivity contribution in [3.63, 3.8) is 0 Å². The highest BCUT2D eigenvalue weighted by atomic mass is 35.5. The van der Waals surface area contributed by atoms with Crippen LogP contribution < -0.4 is 5.32 Å². The monoisotopic (exact) mass is 341 g/mol. The summed E-state index contributed by atoms with van der Waals surface area (Å²) in [6.45, 7) is 1.26. The number of aliphatic carboxylic acids is 1. The van der Waals surface area contributed by atoms with Crippen molar-refractivity contribution < 1.29 is 14.7 Å². The summed E-state index contributed by atoms with van der Waals surface area (Å²) in [6.07, 6.45) is 0. The van der Waals surface area contributed by atoms with E-state index >= 15 is 0 Å². The van der Waals surface area contributed by atoms with Crippen LogP contribution in [0.4, 0.5) is 0 Å². The summed E-state index contributed by atoms with van der Waals surface area (Å²) >= 11 is 18.8. The highest BCUT2D eigenvalue weighted by Gasteiger charge is 2.19. The van der Waals surface area contributed by atoms with Crippen molar-refractivity contribution in [2.45, 2.75) is 17.9 Å². The fraction of sp³-hybridized carbons (Fsp3) is 0.273. The molecule has 1 atom stereocenters. The second-order valence-electron chi connectivity index (χ2n) is 3.60.